The smallest absolute Gasteiger partial charge is 0.274 e. The van der Waals surface area contributed by atoms with Crippen molar-refractivity contribution in [3.63, 3.8) is 0 Å². The van der Waals surface area contributed by atoms with Crippen LogP contribution in [0.4, 0.5) is 15.8 Å². The van der Waals surface area contributed by atoms with Crippen LogP contribution in [-0.4, -0.2) is 37.2 Å². The van der Waals surface area contributed by atoms with Crippen molar-refractivity contribution in [1.29, 1.82) is 0 Å². The zero-order chi connectivity index (χ0) is 15.4. The van der Waals surface area contributed by atoms with Gasteiger partial charge in [0.15, 0.2) is 0 Å². The molecule has 1 fully saturated rings. The second-order valence-electron chi connectivity index (χ2n) is 4.94. The van der Waals surface area contributed by atoms with Gasteiger partial charge in [0.2, 0.25) is 0 Å². The molecule has 0 bridgehead atoms. The van der Waals surface area contributed by atoms with Gasteiger partial charge < -0.3 is 15.0 Å². The van der Waals surface area contributed by atoms with Gasteiger partial charge in [0.05, 0.1) is 30.8 Å². The minimum Gasteiger partial charge on any atom is -0.378 e. The van der Waals surface area contributed by atoms with Crippen molar-refractivity contribution in [2.24, 2.45) is 0 Å². The summed E-state index contributed by atoms with van der Waals surface area (Å²) in [7, 11) is 0. The third kappa shape index (κ3) is 3.23. The largest absolute Gasteiger partial charge is 0.378 e. The first-order chi connectivity index (χ1) is 10.7. The van der Waals surface area contributed by atoms with Crippen LogP contribution >= 0.6 is 0 Å². The molecule has 1 saturated heterocycles. The molecule has 2 heterocycles. The SMILES string of the molecule is O=C(Nc1ccccc1F)c1ccc(N2CCOCC2)cn1. The summed E-state index contributed by atoms with van der Waals surface area (Å²) in [6.45, 7) is 3.00. The van der Waals surface area contributed by atoms with E-state index in [1.54, 1.807) is 24.4 Å². The molecule has 5 nitrogen and oxygen atoms in total. The lowest BCUT2D eigenvalue weighted by molar-refractivity contribution is 0.102. The lowest BCUT2D eigenvalue weighted by Gasteiger charge is -2.28. The Balaban J connectivity index is 1.69. The third-order valence-corrected chi connectivity index (χ3v) is 3.48. The summed E-state index contributed by atoms with van der Waals surface area (Å²) in [6, 6.07) is 9.52. The molecular weight excluding hydrogens is 285 g/mol. The van der Waals surface area contributed by atoms with E-state index in [-0.39, 0.29) is 11.4 Å². The first kappa shape index (κ1) is 14.5. The Labute approximate surface area is 127 Å². The summed E-state index contributed by atoms with van der Waals surface area (Å²) < 4.78 is 18.8. The zero-order valence-corrected chi connectivity index (χ0v) is 12.0. The summed E-state index contributed by atoms with van der Waals surface area (Å²) >= 11 is 0. The van der Waals surface area contributed by atoms with Gasteiger partial charge in [-0.05, 0) is 24.3 Å². The van der Waals surface area contributed by atoms with Crippen LogP contribution < -0.4 is 10.2 Å². The number of morpholine rings is 1. The number of hydrogen-bond acceptors (Lipinski definition) is 4. The molecule has 0 spiro atoms. The van der Waals surface area contributed by atoms with Crippen molar-refractivity contribution in [2.45, 2.75) is 0 Å². The molecule has 0 atom stereocenters. The maximum absolute atomic E-state index is 13.5. The number of amides is 1. The van der Waals surface area contributed by atoms with E-state index < -0.39 is 11.7 Å². The Morgan fingerprint density at radius 1 is 1.18 bits per heavy atom. The number of nitrogens with one attached hydrogen (secondary N) is 1. The molecule has 1 aromatic carbocycles. The zero-order valence-electron chi connectivity index (χ0n) is 12.0. The van der Waals surface area contributed by atoms with E-state index in [0.29, 0.717) is 13.2 Å². The second-order valence-corrected chi connectivity index (χ2v) is 4.94. The highest BCUT2D eigenvalue weighted by atomic mass is 19.1. The quantitative estimate of drug-likeness (QED) is 0.945. The van der Waals surface area contributed by atoms with Gasteiger partial charge in [-0.3, -0.25) is 4.79 Å². The van der Waals surface area contributed by atoms with Crippen LogP contribution in [0.1, 0.15) is 10.5 Å². The lowest BCUT2D eigenvalue weighted by atomic mass is 10.2. The molecule has 0 unspecified atom stereocenters. The average Bonchev–Trinajstić information content (AvgIpc) is 2.58. The van der Waals surface area contributed by atoms with Gasteiger partial charge >= 0.3 is 0 Å². The average molecular weight is 301 g/mol. The molecule has 6 heteroatoms. The predicted molar refractivity (Wildman–Crippen MR) is 81.6 cm³/mol. The summed E-state index contributed by atoms with van der Waals surface area (Å²) in [6.07, 6.45) is 1.65. The highest BCUT2D eigenvalue weighted by molar-refractivity contribution is 6.03. The minimum absolute atomic E-state index is 0.145. The number of ether oxygens (including phenoxy) is 1. The number of pyridine rings is 1. The van der Waals surface area contributed by atoms with Gasteiger partial charge in [0.25, 0.3) is 5.91 Å². The molecule has 22 heavy (non-hydrogen) atoms. The van der Waals surface area contributed by atoms with Crippen LogP contribution in [0.5, 0.6) is 0 Å². The van der Waals surface area contributed by atoms with Crippen molar-refractivity contribution in [1.82, 2.24) is 4.98 Å². The molecule has 3 rings (SSSR count). The summed E-state index contributed by atoms with van der Waals surface area (Å²) in [4.78, 5) is 18.4. The monoisotopic (exact) mass is 301 g/mol. The fourth-order valence-corrected chi connectivity index (χ4v) is 2.28. The standard InChI is InChI=1S/C16H16FN3O2/c17-13-3-1-2-4-14(13)19-16(21)15-6-5-12(11-18-15)20-7-9-22-10-8-20/h1-6,11H,7-10H2,(H,19,21). The number of nitrogens with zero attached hydrogens (tertiary/aromatic N) is 2. The number of hydrogen-bond donors (Lipinski definition) is 1. The lowest BCUT2D eigenvalue weighted by Crippen LogP contribution is -2.36. The van der Waals surface area contributed by atoms with Crippen molar-refractivity contribution in [3.8, 4) is 0 Å². The molecule has 1 N–H and O–H groups in total. The normalized spacial score (nSPS) is 14.7. The van der Waals surface area contributed by atoms with E-state index in [9.17, 15) is 9.18 Å². The van der Waals surface area contributed by atoms with Crippen LogP contribution in [0, 0.1) is 5.82 Å². The van der Waals surface area contributed by atoms with Crippen LogP contribution in [0.2, 0.25) is 0 Å². The number of halogens is 1. The highest BCUT2D eigenvalue weighted by Gasteiger charge is 2.14. The van der Waals surface area contributed by atoms with Gasteiger partial charge in [-0.2, -0.15) is 0 Å². The van der Waals surface area contributed by atoms with E-state index >= 15 is 0 Å². The maximum Gasteiger partial charge on any atom is 0.274 e. The molecule has 1 aliphatic heterocycles. The number of carbonyl (C=O) groups excluding carboxylic acids is 1. The summed E-state index contributed by atoms with van der Waals surface area (Å²) in [5.74, 6) is -0.903. The second kappa shape index (κ2) is 6.53. The van der Waals surface area contributed by atoms with E-state index in [0.717, 1.165) is 18.8 Å². The molecule has 0 saturated carbocycles. The number of carbonyl (C=O) groups is 1. The maximum atomic E-state index is 13.5. The van der Waals surface area contributed by atoms with E-state index in [2.05, 4.69) is 15.2 Å². The van der Waals surface area contributed by atoms with Crippen LogP contribution in [0.25, 0.3) is 0 Å². The van der Waals surface area contributed by atoms with Crippen molar-refractivity contribution < 1.29 is 13.9 Å². The molecule has 0 aliphatic carbocycles. The van der Waals surface area contributed by atoms with Crippen LogP contribution in [0.15, 0.2) is 42.6 Å². The Morgan fingerprint density at radius 2 is 1.95 bits per heavy atom. The summed E-state index contributed by atoms with van der Waals surface area (Å²) in [5.41, 5.74) is 1.34. The van der Waals surface area contributed by atoms with E-state index in [1.807, 2.05) is 6.07 Å². The van der Waals surface area contributed by atoms with Crippen molar-refractivity contribution in [3.05, 3.63) is 54.1 Å². The Bertz CT molecular complexity index is 655. The topological polar surface area (TPSA) is 54.5 Å². The first-order valence-corrected chi connectivity index (χ1v) is 7.09. The number of anilines is 2. The van der Waals surface area contributed by atoms with Crippen molar-refractivity contribution >= 4 is 17.3 Å². The van der Waals surface area contributed by atoms with Gasteiger partial charge in [0.1, 0.15) is 11.5 Å². The minimum atomic E-state index is -0.471. The molecule has 1 aromatic heterocycles. The van der Waals surface area contributed by atoms with Crippen LogP contribution in [0.3, 0.4) is 0 Å². The highest BCUT2D eigenvalue weighted by Crippen LogP contribution is 2.16. The van der Waals surface area contributed by atoms with E-state index in [4.69, 9.17) is 4.74 Å². The fraction of sp³-hybridized carbons (Fsp3) is 0.250. The van der Waals surface area contributed by atoms with Gasteiger partial charge in [-0.25, -0.2) is 9.37 Å². The molecule has 1 amide bonds. The molecule has 114 valence electrons. The van der Waals surface area contributed by atoms with Gasteiger partial charge in [-0.15, -0.1) is 0 Å². The Hall–Kier alpha value is -2.47. The first-order valence-electron chi connectivity index (χ1n) is 7.09. The molecule has 2 aromatic rings. The Kier molecular flexibility index (Phi) is 4.29. The molecular formula is C16H16FN3O2. The van der Waals surface area contributed by atoms with Crippen LogP contribution in [-0.2, 0) is 4.74 Å². The number of aromatic nitrogens is 1. The van der Waals surface area contributed by atoms with Gasteiger partial charge in [0, 0.05) is 13.1 Å². The van der Waals surface area contributed by atoms with E-state index in [1.165, 1.54) is 12.1 Å². The Morgan fingerprint density at radius 3 is 2.64 bits per heavy atom. The molecule has 1 aliphatic rings. The molecule has 0 radical (unpaired) electrons. The van der Waals surface area contributed by atoms with Gasteiger partial charge in [-0.1, -0.05) is 12.1 Å². The predicted octanol–water partition coefficient (Wildman–Crippen LogP) is 2.31. The number of para-hydroxylation sites is 1. The third-order valence-electron chi connectivity index (χ3n) is 3.48. The number of benzene rings is 1. The van der Waals surface area contributed by atoms with Crippen molar-refractivity contribution in [2.75, 3.05) is 36.5 Å². The number of rotatable bonds is 3. The fourth-order valence-electron chi connectivity index (χ4n) is 2.28. The summed E-state index contributed by atoms with van der Waals surface area (Å²) in [5, 5.41) is 2.52.